The van der Waals surface area contributed by atoms with Gasteiger partial charge in [0.1, 0.15) is 13.2 Å². The Kier molecular flexibility index (Phi) is 47.8. The first-order valence-electron chi connectivity index (χ1n) is 26.3. The number of esters is 3. The molecule has 6 heteroatoms. The van der Waals surface area contributed by atoms with Gasteiger partial charge in [-0.05, 0) is 51.4 Å². The molecule has 0 fully saturated rings. The Balaban J connectivity index is 4.33. The van der Waals surface area contributed by atoms with Gasteiger partial charge in [-0.3, -0.25) is 14.4 Å². The molecule has 352 valence electrons. The van der Waals surface area contributed by atoms with Crippen LogP contribution in [0.5, 0.6) is 0 Å². The molecular formula is C54H100O6. The molecule has 0 radical (unpaired) electrons. The van der Waals surface area contributed by atoms with E-state index in [0.717, 1.165) is 70.6 Å². The third kappa shape index (κ3) is 46.9. The van der Waals surface area contributed by atoms with E-state index in [2.05, 4.69) is 45.1 Å². The topological polar surface area (TPSA) is 78.9 Å². The van der Waals surface area contributed by atoms with E-state index in [1.807, 2.05) is 0 Å². The molecule has 0 saturated carbocycles. The van der Waals surface area contributed by atoms with Crippen molar-refractivity contribution in [3.8, 4) is 0 Å². The second-order valence-corrected chi connectivity index (χ2v) is 17.8. The maximum Gasteiger partial charge on any atom is 0.306 e. The lowest BCUT2D eigenvalue weighted by Gasteiger charge is -2.18. The molecule has 0 N–H and O–H groups in total. The highest BCUT2D eigenvalue weighted by molar-refractivity contribution is 5.71. The molecule has 0 aliphatic carbocycles. The summed E-state index contributed by atoms with van der Waals surface area (Å²) < 4.78 is 16.8. The summed E-state index contributed by atoms with van der Waals surface area (Å²) in [4.78, 5) is 37.9. The van der Waals surface area contributed by atoms with E-state index in [1.54, 1.807) is 0 Å². The minimum atomic E-state index is -0.767. The van der Waals surface area contributed by atoms with E-state index in [0.29, 0.717) is 19.3 Å². The van der Waals surface area contributed by atoms with Crippen LogP contribution in [0.3, 0.4) is 0 Å². The molecule has 1 atom stereocenters. The molecule has 0 heterocycles. The maximum absolute atomic E-state index is 12.8. The molecule has 0 aromatic heterocycles. The Labute approximate surface area is 373 Å². The lowest BCUT2D eigenvalue weighted by Crippen LogP contribution is -2.30. The van der Waals surface area contributed by atoms with Gasteiger partial charge in [-0.15, -0.1) is 0 Å². The first kappa shape index (κ1) is 57.9. The Morgan fingerprint density at radius 2 is 0.600 bits per heavy atom. The highest BCUT2D eigenvalue weighted by Crippen LogP contribution is 2.16. The van der Waals surface area contributed by atoms with Gasteiger partial charge in [0.25, 0.3) is 0 Å². The maximum atomic E-state index is 12.8. The van der Waals surface area contributed by atoms with Gasteiger partial charge in [-0.25, -0.2) is 0 Å². The average Bonchev–Trinajstić information content (AvgIpc) is 3.24. The smallest absolute Gasteiger partial charge is 0.306 e. The molecule has 1 unspecified atom stereocenters. The van der Waals surface area contributed by atoms with Crippen LogP contribution in [-0.4, -0.2) is 37.2 Å². The van der Waals surface area contributed by atoms with Crippen molar-refractivity contribution in [2.75, 3.05) is 13.2 Å². The number of hydrogen-bond acceptors (Lipinski definition) is 6. The molecule has 6 nitrogen and oxygen atoms in total. The van der Waals surface area contributed by atoms with E-state index in [1.165, 1.54) is 173 Å². The Hall–Kier alpha value is -2.11. The van der Waals surface area contributed by atoms with Crippen LogP contribution in [0.1, 0.15) is 284 Å². The van der Waals surface area contributed by atoms with Crippen LogP contribution in [0.2, 0.25) is 0 Å². The van der Waals surface area contributed by atoms with Crippen molar-refractivity contribution < 1.29 is 28.6 Å². The standard InChI is InChI=1S/C54H100O6/c1-4-7-10-13-16-19-22-25-26-27-28-30-32-35-38-41-44-47-53(56)59-50-51(49-58-52(55)46-43-40-37-34-31-24-21-18-15-12-9-6-3)60-54(57)48-45-42-39-36-33-29-23-20-17-14-11-8-5-2/h16,19,25-26,51H,4-15,17-18,20-24,27-50H2,1-3H3. The van der Waals surface area contributed by atoms with Crippen LogP contribution in [0.15, 0.2) is 24.3 Å². The largest absolute Gasteiger partial charge is 0.462 e. The van der Waals surface area contributed by atoms with Crippen LogP contribution in [0.4, 0.5) is 0 Å². The van der Waals surface area contributed by atoms with Crippen molar-refractivity contribution in [1.82, 2.24) is 0 Å². The van der Waals surface area contributed by atoms with Gasteiger partial charge in [0.15, 0.2) is 6.10 Å². The highest BCUT2D eigenvalue weighted by atomic mass is 16.6. The van der Waals surface area contributed by atoms with Gasteiger partial charge < -0.3 is 14.2 Å². The second-order valence-electron chi connectivity index (χ2n) is 17.8. The molecule has 0 saturated heterocycles. The van der Waals surface area contributed by atoms with Gasteiger partial charge in [0, 0.05) is 19.3 Å². The summed E-state index contributed by atoms with van der Waals surface area (Å²) in [6.45, 7) is 6.63. The normalized spacial score (nSPS) is 12.1. The van der Waals surface area contributed by atoms with Gasteiger partial charge in [-0.2, -0.15) is 0 Å². The Morgan fingerprint density at radius 1 is 0.333 bits per heavy atom. The summed E-state index contributed by atoms with van der Waals surface area (Å²) in [7, 11) is 0. The van der Waals surface area contributed by atoms with Gasteiger partial charge in [-0.1, -0.05) is 238 Å². The van der Waals surface area contributed by atoms with Crippen molar-refractivity contribution >= 4 is 17.9 Å². The zero-order valence-corrected chi connectivity index (χ0v) is 40.2. The summed E-state index contributed by atoms with van der Waals surface area (Å²) in [5.41, 5.74) is 0. The number of rotatable bonds is 48. The molecule has 0 spiro atoms. The molecule has 0 rings (SSSR count). The molecular weight excluding hydrogens is 745 g/mol. The van der Waals surface area contributed by atoms with Crippen LogP contribution in [0.25, 0.3) is 0 Å². The molecule has 0 aliphatic rings. The quantitative estimate of drug-likeness (QED) is 0.0263. The minimum Gasteiger partial charge on any atom is -0.462 e. The summed E-state index contributed by atoms with van der Waals surface area (Å²) in [6.07, 6.45) is 55.8. The Bertz CT molecular complexity index is 973. The number of carbonyl (C=O) groups excluding carboxylic acids is 3. The lowest BCUT2D eigenvalue weighted by molar-refractivity contribution is -0.167. The van der Waals surface area contributed by atoms with Crippen molar-refractivity contribution in [1.29, 1.82) is 0 Å². The first-order chi connectivity index (χ1) is 29.5. The van der Waals surface area contributed by atoms with E-state index in [4.69, 9.17) is 14.2 Å². The third-order valence-corrected chi connectivity index (χ3v) is 11.7. The fraction of sp³-hybridized carbons (Fsp3) is 0.870. The number of ether oxygens (including phenoxy) is 3. The molecule has 0 amide bonds. The zero-order valence-electron chi connectivity index (χ0n) is 40.2. The van der Waals surface area contributed by atoms with Gasteiger partial charge in [0.2, 0.25) is 0 Å². The van der Waals surface area contributed by atoms with Crippen molar-refractivity contribution in [2.45, 2.75) is 290 Å². The molecule has 0 bridgehead atoms. The summed E-state index contributed by atoms with van der Waals surface area (Å²) in [5.74, 6) is -0.862. The second kappa shape index (κ2) is 49.5. The van der Waals surface area contributed by atoms with Crippen LogP contribution >= 0.6 is 0 Å². The van der Waals surface area contributed by atoms with Gasteiger partial charge in [0.05, 0.1) is 0 Å². The predicted octanol–water partition coefficient (Wildman–Crippen LogP) is 17.2. The van der Waals surface area contributed by atoms with E-state index in [9.17, 15) is 14.4 Å². The highest BCUT2D eigenvalue weighted by Gasteiger charge is 2.19. The number of carbonyl (C=O) groups is 3. The molecule has 0 aromatic rings. The molecule has 60 heavy (non-hydrogen) atoms. The zero-order chi connectivity index (χ0) is 43.7. The third-order valence-electron chi connectivity index (χ3n) is 11.7. The average molecular weight is 845 g/mol. The molecule has 0 aliphatic heterocycles. The van der Waals surface area contributed by atoms with Crippen molar-refractivity contribution in [3.05, 3.63) is 24.3 Å². The summed E-state index contributed by atoms with van der Waals surface area (Å²) >= 11 is 0. The van der Waals surface area contributed by atoms with Crippen LogP contribution < -0.4 is 0 Å². The lowest BCUT2D eigenvalue weighted by atomic mass is 10.0. The van der Waals surface area contributed by atoms with Crippen LogP contribution in [0, 0.1) is 0 Å². The molecule has 0 aromatic carbocycles. The Morgan fingerprint density at radius 3 is 0.950 bits per heavy atom. The van der Waals surface area contributed by atoms with E-state index in [-0.39, 0.29) is 31.1 Å². The monoisotopic (exact) mass is 845 g/mol. The fourth-order valence-electron chi connectivity index (χ4n) is 7.71. The number of allylic oxidation sites excluding steroid dienone is 4. The minimum absolute atomic E-state index is 0.0688. The number of unbranched alkanes of at least 4 members (excludes halogenated alkanes) is 33. The fourth-order valence-corrected chi connectivity index (χ4v) is 7.71. The van der Waals surface area contributed by atoms with Crippen molar-refractivity contribution in [3.63, 3.8) is 0 Å². The predicted molar refractivity (Wildman–Crippen MR) is 256 cm³/mol. The SMILES string of the molecule is CCCCCC=CCC=CCCCCCCCCCC(=O)OCC(COC(=O)CCCCCCCCCCCCCC)OC(=O)CCCCCCCCCCCCCCC. The summed E-state index contributed by atoms with van der Waals surface area (Å²) in [6, 6.07) is 0. The summed E-state index contributed by atoms with van der Waals surface area (Å²) in [5, 5.41) is 0. The van der Waals surface area contributed by atoms with E-state index < -0.39 is 6.10 Å². The first-order valence-corrected chi connectivity index (χ1v) is 26.3. The van der Waals surface area contributed by atoms with Gasteiger partial charge >= 0.3 is 17.9 Å². The number of hydrogen-bond donors (Lipinski definition) is 0. The van der Waals surface area contributed by atoms with Crippen LogP contribution in [-0.2, 0) is 28.6 Å². The van der Waals surface area contributed by atoms with Crippen molar-refractivity contribution in [2.24, 2.45) is 0 Å². The van der Waals surface area contributed by atoms with E-state index >= 15 is 0 Å².